The molecule has 0 heterocycles. The number of ether oxygens (including phenoxy) is 4. The lowest BCUT2D eigenvalue weighted by molar-refractivity contribution is -0.161. The van der Waals surface area contributed by atoms with Crippen molar-refractivity contribution in [2.45, 2.75) is 318 Å². The molecule has 0 amide bonds. The largest absolute Gasteiger partial charge is 0.472 e. The van der Waals surface area contributed by atoms with Crippen molar-refractivity contribution in [2.24, 2.45) is 23.7 Å². The molecule has 0 aliphatic rings. The third kappa shape index (κ3) is 57.2. The summed E-state index contributed by atoms with van der Waals surface area (Å²) in [7, 11) is -9.89. The van der Waals surface area contributed by atoms with Crippen LogP contribution in [0.3, 0.4) is 0 Å². The second-order valence-electron chi connectivity index (χ2n) is 24.7. The van der Waals surface area contributed by atoms with Crippen LogP contribution in [0, 0.1) is 23.7 Å². The van der Waals surface area contributed by atoms with Gasteiger partial charge in [-0.3, -0.25) is 37.3 Å². The third-order valence-corrected chi connectivity index (χ3v) is 16.2. The number of carbonyl (C=O) groups excluding carboxylic acids is 4. The van der Waals surface area contributed by atoms with E-state index in [0.29, 0.717) is 43.4 Å². The van der Waals surface area contributed by atoms with Gasteiger partial charge in [0.1, 0.15) is 19.3 Å². The van der Waals surface area contributed by atoms with Crippen LogP contribution in [-0.4, -0.2) is 96.7 Å². The van der Waals surface area contributed by atoms with E-state index < -0.39 is 97.5 Å². The number of aliphatic hydroxyl groups excluding tert-OH is 1. The summed E-state index contributed by atoms with van der Waals surface area (Å²) in [6.07, 6.45) is 32.4. The maximum absolute atomic E-state index is 13.0. The van der Waals surface area contributed by atoms with Crippen LogP contribution in [0.5, 0.6) is 0 Å². The summed E-state index contributed by atoms with van der Waals surface area (Å²) < 4.78 is 67.9. The van der Waals surface area contributed by atoms with E-state index in [1.54, 1.807) is 0 Å². The zero-order valence-electron chi connectivity index (χ0n) is 53.1. The Bertz CT molecular complexity index is 1640. The van der Waals surface area contributed by atoms with E-state index in [0.717, 1.165) is 109 Å². The molecule has 0 radical (unpaired) electrons. The summed E-state index contributed by atoms with van der Waals surface area (Å²) in [6.45, 7) is 13.9. The van der Waals surface area contributed by atoms with Gasteiger partial charge in [0.2, 0.25) is 0 Å². The van der Waals surface area contributed by atoms with Crippen molar-refractivity contribution in [3.05, 3.63) is 0 Å². The Labute approximate surface area is 498 Å². The minimum atomic E-state index is -4.94. The SMILES string of the molecule is CC(C)CCCCCCCCCCCCC(=O)O[C@H](COC(=O)CCCCCCCCCC(C)C)COP(=O)(O)OCC(O)COP(=O)(O)OC[C@@H](COC(=O)CCCCCCCCCC(C)C)OC(=O)CCCCCCCCC(C)C. The van der Waals surface area contributed by atoms with E-state index in [1.165, 1.54) is 89.9 Å². The van der Waals surface area contributed by atoms with Gasteiger partial charge < -0.3 is 33.8 Å². The highest BCUT2D eigenvalue weighted by molar-refractivity contribution is 7.47. The lowest BCUT2D eigenvalue weighted by Crippen LogP contribution is -2.30. The molecule has 82 heavy (non-hydrogen) atoms. The smallest absolute Gasteiger partial charge is 0.462 e. The van der Waals surface area contributed by atoms with Crippen molar-refractivity contribution < 1.29 is 80.2 Å². The first-order valence-corrected chi connectivity index (χ1v) is 35.7. The Hall–Kier alpha value is -1.94. The number of aliphatic hydroxyl groups is 1. The molecule has 0 bridgehead atoms. The van der Waals surface area contributed by atoms with Crippen LogP contribution in [0.1, 0.15) is 299 Å². The molecule has 0 aromatic heterocycles. The molecule has 0 aromatic carbocycles. The van der Waals surface area contributed by atoms with Gasteiger partial charge in [-0.15, -0.1) is 0 Å². The van der Waals surface area contributed by atoms with E-state index in [1.807, 2.05) is 0 Å². The van der Waals surface area contributed by atoms with Crippen molar-refractivity contribution in [1.82, 2.24) is 0 Å². The van der Waals surface area contributed by atoms with Crippen LogP contribution in [0.4, 0.5) is 0 Å². The number of esters is 4. The van der Waals surface area contributed by atoms with Crippen molar-refractivity contribution in [2.75, 3.05) is 39.6 Å². The zero-order valence-corrected chi connectivity index (χ0v) is 54.9. The molecule has 5 atom stereocenters. The van der Waals surface area contributed by atoms with Crippen LogP contribution in [0.25, 0.3) is 0 Å². The first kappa shape index (κ1) is 80.1. The molecule has 0 saturated carbocycles. The zero-order chi connectivity index (χ0) is 61.1. The summed E-state index contributed by atoms with van der Waals surface area (Å²) in [5, 5.41) is 10.5. The summed E-state index contributed by atoms with van der Waals surface area (Å²) in [5.74, 6) is 0.686. The van der Waals surface area contributed by atoms with Crippen LogP contribution in [0.15, 0.2) is 0 Å². The monoisotopic (exact) mass is 1210 g/mol. The molecule has 0 fully saturated rings. The van der Waals surface area contributed by atoms with Gasteiger partial charge >= 0.3 is 39.5 Å². The number of phosphoric acid groups is 2. The Balaban J connectivity index is 5.24. The van der Waals surface area contributed by atoms with E-state index in [4.69, 9.17) is 37.0 Å². The van der Waals surface area contributed by atoms with Crippen molar-refractivity contribution in [1.29, 1.82) is 0 Å². The molecule has 3 N–H and O–H groups in total. The fourth-order valence-corrected chi connectivity index (χ4v) is 10.8. The minimum absolute atomic E-state index is 0.101. The van der Waals surface area contributed by atoms with Crippen LogP contribution in [-0.2, 0) is 65.4 Å². The molecule has 17 nitrogen and oxygen atoms in total. The Kier molecular flexibility index (Phi) is 52.0. The average Bonchev–Trinajstić information content (AvgIpc) is 3.43. The fourth-order valence-electron chi connectivity index (χ4n) is 9.25. The average molecular weight is 1210 g/mol. The second kappa shape index (κ2) is 53.3. The van der Waals surface area contributed by atoms with Gasteiger partial charge in [-0.2, -0.15) is 0 Å². The molecule has 486 valence electrons. The number of hydrogen-bond acceptors (Lipinski definition) is 15. The Morgan fingerprint density at radius 3 is 0.756 bits per heavy atom. The van der Waals surface area contributed by atoms with E-state index in [9.17, 15) is 43.2 Å². The highest BCUT2D eigenvalue weighted by Gasteiger charge is 2.30. The highest BCUT2D eigenvalue weighted by Crippen LogP contribution is 2.45. The normalized spacial score (nSPS) is 14.5. The number of rotatable bonds is 60. The predicted molar refractivity (Wildman–Crippen MR) is 326 cm³/mol. The summed E-state index contributed by atoms with van der Waals surface area (Å²) in [5.41, 5.74) is 0. The van der Waals surface area contributed by atoms with Crippen LogP contribution >= 0.6 is 15.6 Å². The molecule has 0 aliphatic carbocycles. The summed E-state index contributed by atoms with van der Waals surface area (Å²) >= 11 is 0. The van der Waals surface area contributed by atoms with Crippen molar-refractivity contribution >= 4 is 39.5 Å². The maximum atomic E-state index is 13.0. The third-order valence-electron chi connectivity index (χ3n) is 14.3. The summed E-state index contributed by atoms with van der Waals surface area (Å²) in [6, 6.07) is 0. The quantitative estimate of drug-likeness (QED) is 0.0222. The molecule has 0 spiro atoms. The van der Waals surface area contributed by atoms with Gasteiger partial charge in [-0.25, -0.2) is 9.13 Å². The molecule has 0 aromatic rings. The molecular formula is C63H122O17P2. The molecule has 3 unspecified atom stereocenters. The standard InChI is InChI=1S/C63H122O17P2/c1-53(2)39-31-23-15-11-9-10-12-18-29-37-45-62(67)79-58(49-73-60(65)43-35-27-19-13-16-24-32-40-54(3)4)51-77-81(69,70)75-47-57(64)48-76-82(71,72)78-52-59(80-63(68)46-38-30-22-21-26-34-42-56(7)8)50-74-61(66)44-36-28-20-14-17-25-33-41-55(5)6/h53-59,64H,9-52H2,1-8H3,(H,69,70)(H,71,72)/t57?,58-,59-/m1/s1. The van der Waals surface area contributed by atoms with E-state index in [-0.39, 0.29) is 25.7 Å². The molecule has 0 aliphatic heterocycles. The van der Waals surface area contributed by atoms with Gasteiger partial charge in [0.25, 0.3) is 0 Å². The molecular weight excluding hydrogens is 1090 g/mol. The van der Waals surface area contributed by atoms with E-state index >= 15 is 0 Å². The van der Waals surface area contributed by atoms with Crippen LogP contribution < -0.4 is 0 Å². The first-order valence-electron chi connectivity index (χ1n) is 32.7. The number of phosphoric ester groups is 2. The molecule has 19 heteroatoms. The Morgan fingerprint density at radius 1 is 0.305 bits per heavy atom. The number of unbranched alkanes of at least 4 members (excludes halogenated alkanes) is 26. The highest BCUT2D eigenvalue weighted by atomic mass is 31.2. The molecule has 0 rings (SSSR count). The molecule has 0 saturated heterocycles. The Morgan fingerprint density at radius 2 is 0.512 bits per heavy atom. The number of hydrogen-bond donors (Lipinski definition) is 3. The van der Waals surface area contributed by atoms with Gasteiger partial charge in [-0.1, -0.05) is 248 Å². The first-order chi connectivity index (χ1) is 39.1. The van der Waals surface area contributed by atoms with E-state index in [2.05, 4.69) is 55.4 Å². The van der Waals surface area contributed by atoms with Crippen LogP contribution in [0.2, 0.25) is 0 Å². The van der Waals surface area contributed by atoms with Crippen molar-refractivity contribution in [3.63, 3.8) is 0 Å². The number of carbonyl (C=O) groups is 4. The minimum Gasteiger partial charge on any atom is -0.462 e. The van der Waals surface area contributed by atoms with Gasteiger partial charge in [0, 0.05) is 25.7 Å². The fraction of sp³-hybridized carbons (Fsp3) is 0.937. The summed E-state index contributed by atoms with van der Waals surface area (Å²) in [4.78, 5) is 72.1. The lowest BCUT2D eigenvalue weighted by Gasteiger charge is -2.21. The topological polar surface area (TPSA) is 237 Å². The van der Waals surface area contributed by atoms with Gasteiger partial charge in [0.15, 0.2) is 12.2 Å². The second-order valence-corrected chi connectivity index (χ2v) is 27.6. The maximum Gasteiger partial charge on any atom is 0.472 e. The van der Waals surface area contributed by atoms with Gasteiger partial charge in [-0.05, 0) is 49.4 Å². The van der Waals surface area contributed by atoms with Gasteiger partial charge in [0.05, 0.1) is 26.4 Å². The van der Waals surface area contributed by atoms with Crippen molar-refractivity contribution in [3.8, 4) is 0 Å². The predicted octanol–water partition coefficient (Wildman–Crippen LogP) is 17.0. The lowest BCUT2D eigenvalue weighted by atomic mass is 10.0.